The second-order valence-electron chi connectivity index (χ2n) is 7.06. The maximum Gasteiger partial charge on any atom is 0.226 e. The third-order valence-corrected chi connectivity index (χ3v) is 5.10. The highest BCUT2D eigenvalue weighted by molar-refractivity contribution is 5.95. The molecule has 1 atom stereocenters. The van der Waals surface area contributed by atoms with Gasteiger partial charge in [-0.1, -0.05) is 24.8 Å². The first kappa shape index (κ1) is 18.0. The van der Waals surface area contributed by atoms with E-state index in [2.05, 4.69) is 32.3 Å². The molecule has 0 spiro atoms. The number of anilines is 1. The number of benzene rings is 1. The van der Waals surface area contributed by atoms with Crippen molar-refractivity contribution in [2.24, 2.45) is 0 Å². The van der Waals surface area contributed by atoms with Gasteiger partial charge in [0.25, 0.3) is 0 Å². The van der Waals surface area contributed by atoms with Gasteiger partial charge >= 0.3 is 0 Å². The van der Waals surface area contributed by atoms with Gasteiger partial charge in [0.1, 0.15) is 24.5 Å². The fourth-order valence-electron chi connectivity index (χ4n) is 3.81. The summed E-state index contributed by atoms with van der Waals surface area (Å²) in [5.41, 5.74) is 3.44. The van der Waals surface area contributed by atoms with Gasteiger partial charge in [0.15, 0.2) is 11.5 Å². The molecule has 1 amide bonds. The smallest absolute Gasteiger partial charge is 0.226 e. The van der Waals surface area contributed by atoms with E-state index in [1.54, 1.807) is 27.4 Å². The highest BCUT2D eigenvalue weighted by Gasteiger charge is 2.33. The van der Waals surface area contributed by atoms with Crippen LogP contribution in [0.1, 0.15) is 29.2 Å². The van der Waals surface area contributed by atoms with Crippen molar-refractivity contribution in [1.82, 2.24) is 29.6 Å². The van der Waals surface area contributed by atoms with E-state index < -0.39 is 0 Å². The number of carbonyl (C=O) groups excluding carboxylic acids is 1. The molecule has 0 fully saturated rings. The molecule has 9 nitrogen and oxygen atoms in total. The lowest BCUT2D eigenvalue weighted by atomic mass is 9.86. The molecule has 30 heavy (non-hydrogen) atoms. The Morgan fingerprint density at radius 3 is 3.07 bits per heavy atom. The van der Waals surface area contributed by atoms with Crippen LogP contribution in [0.5, 0.6) is 5.75 Å². The van der Waals surface area contributed by atoms with Gasteiger partial charge in [-0.15, -0.1) is 15.3 Å². The minimum atomic E-state index is -0.131. The fourth-order valence-corrected chi connectivity index (χ4v) is 3.81. The van der Waals surface area contributed by atoms with Crippen LogP contribution in [0.25, 0.3) is 11.5 Å². The van der Waals surface area contributed by atoms with Gasteiger partial charge in [-0.2, -0.15) is 14.3 Å². The average molecular weight is 401 g/mol. The Kier molecular flexibility index (Phi) is 4.27. The van der Waals surface area contributed by atoms with E-state index in [0.717, 1.165) is 22.6 Å². The zero-order chi connectivity index (χ0) is 20.7. The summed E-state index contributed by atoms with van der Waals surface area (Å²) in [6.45, 7) is 6.05. The number of aromatic nitrogens is 6. The molecule has 9 heteroatoms. The molecule has 0 saturated carbocycles. The molecule has 1 unspecified atom stereocenters. The van der Waals surface area contributed by atoms with Crippen molar-refractivity contribution in [2.45, 2.75) is 19.3 Å². The number of hydrogen-bond acceptors (Lipinski definition) is 6. The molecule has 1 aliphatic heterocycles. The summed E-state index contributed by atoms with van der Waals surface area (Å²) in [6.07, 6.45) is 3.56. The number of nitrogens with zero attached hydrogens (tertiary/aromatic N) is 6. The van der Waals surface area contributed by atoms with Crippen LogP contribution in [0.2, 0.25) is 0 Å². The molecule has 0 radical (unpaired) electrons. The zero-order valence-electron chi connectivity index (χ0n) is 16.3. The number of nitrogens with one attached hydrogen (secondary N) is 1. The van der Waals surface area contributed by atoms with Crippen molar-refractivity contribution in [3.05, 3.63) is 72.2 Å². The Labute approximate surface area is 172 Å². The van der Waals surface area contributed by atoms with E-state index in [9.17, 15) is 4.79 Å². The maximum absolute atomic E-state index is 12.6. The van der Waals surface area contributed by atoms with Crippen LogP contribution in [0.15, 0.2) is 55.4 Å². The van der Waals surface area contributed by atoms with Crippen molar-refractivity contribution < 1.29 is 9.53 Å². The number of fused-ring (bicyclic) bond motifs is 2. The number of ether oxygens (including phenoxy) is 1. The molecule has 0 aliphatic carbocycles. The molecule has 1 N–H and O–H groups in total. The van der Waals surface area contributed by atoms with Crippen LogP contribution < -0.4 is 10.1 Å². The normalized spacial score (nSPS) is 15.6. The molecule has 1 aliphatic rings. The SMILES string of the molecule is C=CCOc1cccc(C2CC(=O)Nc3c2c(C)nn3-c2ccc3nncn3n2)c1. The Hall–Kier alpha value is -4.01. The number of carbonyl (C=O) groups is 1. The van der Waals surface area contributed by atoms with Crippen LogP contribution in [0, 0.1) is 6.92 Å². The lowest BCUT2D eigenvalue weighted by Gasteiger charge is -2.24. The summed E-state index contributed by atoms with van der Waals surface area (Å²) in [7, 11) is 0. The van der Waals surface area contributed by atoms with Gasteiger partial charge in [0, 0.05) is 17.9 Å². The molecule has 4 aromatic rings. The van der Waals surface area contributed by atoms with Gasteiger partial charge in [0.05, 0.1) is 5.69 Å². The van der Waals surface area contributed by atoms with Crippen LogP contribution in [-0.4, -0.2) is 42.1 Å². The summed E-state index contributed by atoms with van der Waals surface area (Å²) >= 11 is 0. The molecule has 0 saturated heterocycles. The largest absolute Gasteiger partial charge is 0.490 e. The molecule has 0 bridgehead atoms. The van der Waals surface area contributed by atoms with E-state index in [1.807, 2.05) is 31.2 Å². The van der Waals surface area contributed by atoms with Crippen molar-refractivity contribution in [3.8, 4) is 11.6 Å². The Bertz CT molecular complexity index is 1270. The van der Waals surface area contributed by atoms with E-state index >= 15 is 0 Å². The predicted molar refractivity (Wildman–Crippen MR) is 110 cm³/mol. The van der Waals surface area contributed by atoms with Crippen LogP contribution in [0.4, 0.5) is 5.82 Å². The lowest BCUT2D eigenvalue weighted by Crippen LogP contribution is -2.25. The quantitative estimate of drug-likeness (QED) is 0.516. The van der Waals surface area contributed by atoms with Crippen LogP contribution in [-0.2, 0) is 4.79 Å². The molecule has 4 heterocycles. The first-order chi connectivity index (χ1) is 14.6. The van der Waals surface area contributed by atoms with Crippen molar-refractivity contribution in [1.29, 1.82) is 0 Å². The molecular formula is C21H19N7O2. The highest BCUT2D eigenvalue weighted by atomic mass is 16.5. The number of rotatable bonds is 5. The second-order valence-corrected chi connectivity index (χ2v) is 7.06. The van der Waals surface area contributed by atoms with Crippen molar-refractivity contribution >= 4 is 17.4 Å². The molecule has 5 rings (SSSR count). The van der Waals surface area contributed by atoms with E-state index in [0.29, 0.717) is 30.3 Å². The number of aryl methyl sites for hydroxylation is 1. The predicted octanol–water partition coefficient (Wildman–Crippen LogP) is 2.66. The average Bonchev–Trinajstić information content (AvgIpc) is 3.35. The Morgan fingerprint density at radius 1 is 1.30 bits per heavy atom. The van der Waals surface area contributed by atoms with E-state index in [4.69, 9.17) is 4.74 Å². The van der Waals surface area contributed by atoms with Gasteiger partial charge in [-0.25, -0.2) is 0 Å². The summed E-state index contributed by atoms with van der Waals surface area (Å²) in [5.74, 6) is 1.73. The van der Waals surface area contributed by atoms with Crippen LogP contribution >= 0.6 is 0 Å². The third kappa shape index (κ3) is 3.00. The maximum atomic E-state index is 12.6. The zero-order valence-corrected chi connectivity index (χ0v) is 16.3. The van der Waals surface area contributed by atoms with Gasteiger partial charge < -0.3 is 10.1 Å². The van der Waals surface area contributed by atoms with Gasteiger partial charge in [0.2, 0.25) is 5.91 Å². The highest BCUT2D eigenvalue weighted by Crippen LogP contribution is 2.40. The fraction of sp³-hybridized carbons (Fsp3) is 0.190. The monoisotopic (exact) mass is 401 g/mol. The Balaban J connectivity index is 1.60. The van der Waals surface area contributed by atoms with Crippen LogP contribution in [0.3, 0.4) is 0 Å². The minimum Gasteiger partial charge on any atom is -0.490 e. The summed E-state index contributed by atoms with van der Waals surface area (Å²) < 4.78 is 8.91. The minimum absolute atomic E-state index is 0.0727. The van der Waals surface area contributed by atoms with Gasteiger partial charge in [-0.05, 0) is 36.8 Å². The first-order valence-corrected chi connectivity index (χ1v) is 9.54. The van der Waals surface area contributed by atoms with Gasteiger partial charge in [-0.3, -0.25) is 4.79 Å². The summed E-state index contributed by atoms with van der Waals surface area (Å²) in [6, 6.07) is 11.4. The van der Waals surface area contributed by atoms with E-state index in [1.165, 1.54) is 6.33 Å². The molecule has 1 aromatic carbocycles. The third-order valence-electron chi connectivity index (χ3n) is 5.10. The van der Waals surface area contributed by atoms with E-state index in [-0.39, 0.29) is 11.8 Å². The second kappa shape index (κ2) is 7.11. The summed E-state index contributed by atoms with van der Waals surface area (Å²) in [4.78, 5) is 12.6. The Morgan fingerprint density at radius 2 is 2.20 bits per heavy atom. The first-order valence-electron chi connectivity index (χ1n) is 9.54. The van der Waals surface area contributed by atoms with Crippen molar-refractivity contribution in [3.63, 3.8) is 0 Å². The lowest BCUT2D eigenvalue weighted by molar-refractivity contribution is -0.116. The summed E-state index contributed by atoms with van der Waals surface area (Å²) in [5, 5.41) is 20.0. The molecular weight excluding hydrogens is 382 g/mol. The topological polar surface area (TPSA) is 99.2 Å². The number of hydrogen-bond donors (Lipinski definition) is 1. The van der Waals surface area contributed by atoms with Crippen molar-refractivity contribution in [2.75, 3.05) is 11.9 Å². The standard InChI is InChI=1S/C21H19N7O2/c1-3-9-30-15-6-4-5-14(10-15)16-11-19(29)23-21-20(16)13(2)25-28(21)18-8-7-17-24-22-12-27(17)26-18/h3-8,10,12,16H,1,9,11H2,2H3,(H,23,29). The molecule has 150 valence electrons. The molecule has 3 aromatic heterocycles. The number of amides is 1.